The van der Waals surface area contributed by atoms with Crippen LogP contribution in [0.25, 0.3) is 11.1 Å². The summed E-state index contributed by atoms with van der Waals surface area (Å²) in [6.45, 7) is 1.30. The third kappa shape index (κ3) is 1.57. The summed E-state index contributed by atoms with van der Waals surface area (Å²) in [6, 6.07) is 9.52. The maximum atomic E-state index is 12.5. The molecule has 2 aliphatic heterocycles. The first-order valence-electron chi connectivity index (χ1n) is 6.67. The lowest BCUT2D eigenvalue weighted by atomic mass is 9.95. The topological polar surface area (TPSA) is 59.1 Å². The summed E-state index contributed by atoms with van der Waals surface area (Å²) in [6.07, 6.45) is 3.54. The summed E-state index contributed by atoms with van der Waals surface area (Å²) in [5, 5.41) is 2.90. The third-order valence-electron chi connectivity index (χ3n) is 4.27. The van der Waals surface area contributed by atoms with E-state index in [2.05, 4.69) is 10.3 Å². The zero-order chi connectivity index (χ0) is 13.7. The fourth-order valence-corrected chi connectivity index (χ4v) is 5.40. The third-order valence-corrected chi connectivity index (χ3v) is 6.54. The van der Waals surface area contributed by atoms with Crippen LogP contribution in [0.5, 0.6) is 0 Å². The van der Waals surface area contributed by atoms with E-state index in [0.29, 0.717) is 11.4 Å². The van der Waals surface area contributed by atoms with Gasteiger partial charge in [-0.15, -0.1) is 0 Å². The zero-order valence-electron chi connectivity index (χ0n) is 10.8. The maximum absolute atomic E-state index is 12.5. The van der Waals surface area contributed by atoms with Gasteiger partial charge in [0.05, 0.1) is 10.1 Å². The van der Waals surface area contributed by atoms with Crippen molar-refractivity contribution in [2.24, 2.45) is 0 Å². The molecule has 0 aliphatic carbocycles. The normalized spacial score (nSPS) is 26.2. The second-order valence-electron chi connectivity index (χ2n) is 5.34. The van der Waals surface area contributed by atoms with Crippen molar-refractivity contribution in [2.75, 3.05) is 13.1 Å². The number of hydrogen-bond acceptors (Lipinski definition) is 4. The molecule has 4 rings (SSSR count). The minimum atomic E-state index is -3.16. The van der Waals surface area contributed by atoms with Gasteiger partial charge in [-0.1, -0.05) is 12.1 Å². The van der Waals surface area contributed by atoms with Crippen molar-refractivity contribution in [3.8, 4) is 11.1 Å². The van der Waals surface area contributed by atoms with Gasteiger partial charge < -0.3 is 5.32 Å². The Hall–Kier alpha value is -1.72. The van der Waals surface area contributed by atoms with Gasteiger partial charge in [0.2, 0.25) is 0 Å². The highest BCUT2D eigenvalue weighted by molar-refractivity contribution is 7.92. The largest absolute Gasteiger partial charge is 0.315 e. The summed E-state index contributed by atoms with van der Waals surface area (Å²) >= 11 is 0. The van der Waals surface area contributed by atoms with Crippen LogP contribution in [0.4, 0.5) is 0 Å². The van der Waals surface area contributed by atoms with Crippen molar-refractivity contribution in [3.63, 3.8) is 0 Å². The standard InChI is InChI=1S/C15H14N2O2S/c18-20(19)14-4-3-10(11-2-1-5-16-7-11)6-12(14)13-8-17-9-15(13)20/h1-7,13,15,17H,8-9H2. The van der Waals surface area contributed by atoms with Gasteiger partial charge >= 0.3 is 0 Å². The lowest BCUT2D eigenvalue weighted by Gasteiger charge is -2.08. The second-order valence-corrected chi connectivity index (χ2v) is 7.48. The van der Waals surface area contributed by atoms with Gasteiger partial charge in [-0.05, 0) is 34.9 Å². The highest BCUT2D eigenvalue weighted by Crippen LogP contribution is 2.43. The first-order valence-corrected chi connectivity index (χ1v) is 8.21. The molecule has 5 heteroatoms. The van der Waals surface area contributed by atoms with Crippen molar-refractivity contribution in [1.82, 2.24) is 10.3 Å². The monoisotopic (exact) mass is 286 g/mol. The molecular weight excluding hydrogens is 272 g/mol. The summed E-state index contributed by atoms with van der Waals surface area (Å²) in [4.78, 5) is 4.63. The number of nitrogens with one attached hydrogen (secondary N) is 1. The quantitative estimate of drug-likeness (QED) is 0.865. The molecule has 0 saturated carbocycles. The van der Waals surface area contributed by atoms with Crippen molar-refractivity contribution in [1.29, 1.82) is 0 Å². The molecule has 1 saturated heterocycles. The Morgan fingerprint density at radius 3 is 2.85 bits per heavy atom. The Morgan fingerprint density at radius 1 is 1.15 bits per heavy atom. The van der Waals surface area contributed by atoms with Crippen molar-refractivity contribution < 1.29 is 8.42 Å². The molecule has 0 bridgehead atoms. The van der Waals surface area contributed by atoms with E-state index in [1.165, 1.54) is 0 Å². The van der Waals surface area contributed by atoms with E-state index in [1.54, 1.807) is 18.5 Å². The number of sulfone groups is 1. The van der Waals surface area contributed by atoms with Crippen LogP contribution in [0.1, 0.15) is 11.5 Å². The summed E-state index contributed by atoms with van der Waals surface area (Å²) < 4.78 is 24.9. The van der Waals surface area contributed by atoms with E-state index >= 15 is 0 Å². The molecular formula is C15H14N2O2S. The van der Waals surface area contributed by atoms with E-state index in [9.17, 15) is 8.42 Å². The summed E-state index contributed by atoms with van der Waals surface area (Å²) in [5.41, 5.74) is 3.00. The van der Waals surface area contributed by atoms with Crippen LogP contribution in [-0.2, 0) is 9.84 Å². The van der Waals surface area contributed by atoms with Crippen LogP contribution in [0.15, 0.2) is 47.6 Å². The van der Waals surface area contributed by atoms with Gasteiger partial charge in [-0.25, -0.2) is 8.42 Å². The maximum Gasteiger partial charge on any atom is 0.183 e. The fraction of sp³-hybridized carbons (Fsp3) is 0.267. The predicted octanol–water partition coefficient (Wildman–Crippen LogP) is 1.59. The molecule has 102 valence electrons. The Bertz CT molecular complexity index is 772. The van der Waals surface area contributed by atoms with E-state index in [4.69, 9.17) is 0 Å². The lowest BCUT2D eigenvalue weighted by molar-refractivity contribution is 0.587. The number of benzene rings is 1. The number of aromatic nitrogens is 1. The number of fused-ring (bicyclic) bond motifs is 3. The SMILES string of the molecule is O=S1(=O)c2ccc(-c3cccnc3)cc2C2CNCC21. The van der Waals surface area contributed by atoms with Crippen LogP contribution < -0.4 is 5.32 Å². The molecule has 2 unspecified atom stereocenters. The number of pyridine rings is 1. The van der Waals surface area contributed by atoms with Crippen LogP contribution in [-0.4, -0.2) is 31.7 Å². The van der Waals surface area contributed by atoms with Gasteiger partial charge in [0.1, 0.15) is 0 Å². The molecule has 3 heterocycles. The average molecular weight is 286 g/mol. The Morgan fingerprint density at radius 2 is 2.05 bits per heavy atom. The highest BCUT2D eigenvalue weighted by Gasteiger charge is 2.47. The molecule has 1 N–H and O–H groups in total. The smallest absolute Gasteiger partial charge is 0.183 e. The van der Waals surface area contributed by atoms with Gasteiger partial charge in [0.25, 0.3) is 0 Å². The molecule has 1 aromatic heterocycles. The van der Waals surface area contributed by atoms with Crippen molar-refractivity contribution >= 4 is 9.84 Å². The second kappa shape index (κ2) is 4.14. The van der Waals surface area contributed by atoms with Crippen LogP contribution in [0, 0.1) is 0 Å². The molecule has 2 aliphatic rings. The first kappa shape index (κ1) is 12.1. The predicted molar refractivity (Wildman–Crippen MR) is 76.3 cm³/mol. The number of hydrogen-bond donors (Lipinski definition) is 1. The lowest BCUT2D eigenvalue weighted by Crippen LogP contribution is -2.22. The molecule has 4 nitrogen and oxygen atoms in total. The van der Waals surface area contributed by atoms with Crippen LogP contribution in [0.3, 0.4) is 0 Å². The molecule has 0 spiro atoms. The number of rotatable bonds is 1. The van der Waals surface area contributed by atoms with Crippen molar-refractivity contribution in [3.05, 3.63) is 48.3 Å². The van der Waals surface area contributed by atoms with Gasteiger partial charge in [-0.2, -0.15) is 0 Å². The Kier molecular flexibility index (Phi) is 2.49. The molecule has 0 radical (unpaired) electrons. The van der Waals surface area contributed by atoms with E-state index in [-0.39, 0.29) is 11.2 Å². The Balaban J connectivity index is 1.89. The average Bonchev–Trinajstić information content (AvgIpc) is 3.04. The van der Waals surface area contributed by atoms with Crippen LogP contribution in [0.2, 0.25) is 0 Å². The van der Waals surface area contributed by atoms with Crippen LogP contribution >= 0.6 is 0 Å². The minimum Gasteiger partial charge on any atom is -0.315 e. The Labute approximate surface area is 117 Å². The van der Waals surface area contributed by atoms with E-state index < -0.39 is 9.84 Å². The zero-order valence-corrected chi connectivity index (χ0v) is 11.6. The van der Waals surface area contributed by atoms with E-state index in [0.717, 1.165) is 23.2 Å². The first-order chi connectivity index (χ1) is 9.68. The molecule has 1 fully saturated rings. The molecule has 20 heavy (non-hydrogen) atoms. The molecule has 2 aromatic rings. The van der Waals surface area contributed by atoms with Gasteiger partial charge in [0.15, 0.2) is 9.84 Å². The summed E-state index contributed by atoms with van der Waals surface area (Å²) in [5.74, 6) is 0.0895. The highest BCUT2D eigenvalue weighted by atomic mass is 32.2. The molecule has 0 amide bonds. The fourth-order valence-electron chi connectivity index (χ4n) is 3.26. The van der Waals surface area contributed by atoms with Crippen molar-refractivity contribution in [2.45, 2.75) is 16.1 Å². The molecule has 2 atom stereocenters. The number of nitrogens with zero attached hydrogens (tertiary/aromatic N) is 1. The summed E-state index contributed by atoms with van der Waals surface area (Å²) in [7, 11) is -3.16. The van der Waals surface area contributed by atoms with E-state index in [1.807, 2.05) is 24.3 Å². The molecule has 1 aromatic carbocycles. The van der Waals surface area contributed by atoms with Gasteiger partial charge in [0, 0.05) is 31.4 Å². The van der Waals surface area contributed by atoms with Gasteiger partial charge in [-0.3, -0.25) is 4.98 Å². The minimum absolute atomic E-state index is 0.0895.